The second-order valence-electron chi connectivity index (χ2n) is 5.02. The van der Waals surface area contributed by atoms with Gasteiger partial charge in [0.25, 0.3) is 0 Å². The van der Waals surface area contributed by atoms with Crippen LogP contribution in [0.3, 0.4) is 0 Å². The Morgan fingerprint density at radius 1 is 1.04 bits per heavy atom. The van der Waals surface area contributed by atoms with Gasteiger partial charge in [0.1, 0.15) is 5.75 Å². The molecule has 130 valence electrons. The summed E-state index contributed by atoms with van der Waals surface area (Å²) in [6, 6.07) is 14.0. The number of benzene rings is 2. The summed E-state index contributed by atoms with van der Waals surface area (Å²) in [5.41, 5.74) is 1.50. The van der Waals surface area contributed by atoms with Crippen molar-refractivity contribution in [2.45, 2.75) is 19.6 Å². The number of halogens is 1. The van der Waals surface area contributed by atoms with Crippen molar-refractivity contribution in [2.24, 2.45) is 0 Å². The highest BCUT2D eigenvalue weighted by molar-refractivity contribution is 9.10. The average molecular weight is 414 g/mol. The molecule has 0 saturated heterocycles. The molecule has 1 atom stereocenters. The van der Waals surface area contributed by atoms with Gasteiger partial charge in [-0.15, -0.1) is 0 Å². The van der Waals surface area contributed by atoms with E-state index in [0.717, 1.165) is 10.2 Å². The van der Waals surface area contributed by atoms with Crippen LogP contribution in [0.5, 0.6) is 5.75 Å². The minimum Gasteiger partial charge on any atom is -0.508 e. The molecule has 0 saturated carbocycles. The summed E-state index contributed by atoms with van der Waals surface area (Å²) < 4.78 is 25.3. The summed E-state index contributed by atoms with van der Waals surface area (Å²) in [4.78, 5) is 0. The maximum Gasteiger partial charge on any atom is 0.357 e. The third-order valence-electron chi connectivity index (χ3n) is 3.29. The highest BCUT2D eigenvalue weighted by atomic mass is 79.9. The summed E-state index contributed by atoms with van der Waals surface area (Å²) in [7, 11) is -3.45. The molecule has 5 nitrogen and oxygen atoms in total. The van der Waals surface area contributed by atoms with E-state index >= 15 is 0 Å². The lowest BCUT2D eigenvalue weighted by molar-refractivity contribution is 0.214. The molecule has 0 fully saturated rings. The molecule has 2 aromatic carbocycles. The zero-order valence-corrected chi connectivity index (χ0v) is 16.1. The molecule has 0 aliphatic heterocycles. The van der Waals surface area contributed by atoms with Crippen molar-refractivity contribution in [3.8, 4) is 5.75 Å². The maximum absolute atomic E-state index is 13.3. The van der Waals surface area contributed by atoms with E-state index in [2.05, 4.69) is 21.2 Å². The monoisotopic (exact) mass is 413 g/mol. The molecule has 0 heterocycles. The fraction of sp³-hybridized carbons (Fsp3) is 0.294. The molecular formula is C17H21BrNO4P. The van der Waals surface area contributed by atoms with Crippen LogP contribution in [0.4, 0.5) is 5.69 Å². The Morgan fingerprint density at radius 2 is 1.58 bits per heavy atom. The standard InChI is InChI=1S/C17H21BrNO4P/c1-3-22-24(21,23-4-2)17(13-5-11-16(20)12-6-13)19-15-9-7-14(18)8-10-15/h5-12,17,19-20H,3-4H2,1-2H3. The second kappa shape index (κ2) is 8.67. The fourth-order valence-electron chi connectivity index (χ4n) is 2.25. The predicted molar refractivity (Wildman–Crippen MR) is 99.5 cm³/mol. The van der Waals surface area contributed by atoms with Gasteiger partial charge >= 0.3 is 7.60 Å². The van der Waals surface area contributed by atoms with Crippen LogP contribution in [0.1, 0.15) is 25.2 Å². The number of hydrogen-bond acceptors (Lipinski definition) is 5. The molecule has 2 aromatic rings. The minimum atomic E-state index is -3.45. The van der Waals surface area contributed by atoms with E-state index in [-0.39, 0.29) is 19.0 Å². The highest BCUT2D eigenvalue weighted by Gasteiger charge is 2.37. The molecule has 24 heavy (non-hydrogen) atoms. The van der Waals surface area contributed by atoms with Crippen molar-refractivity contribution < 1.29 is 18.7 Å². The number of phenolic OH excluding ortho intramolecular Hbond substituents is 1. The van der Waals surface area contributed by atoms with Gasteiger partial charge in [-0.1, -0.05) is 28.1 Å². The third kappa shape index (κ3) is 4.84. The number of rotatable bonds is 8. The normalized spacial score (nSPS) is 12.8. The van der Waals surface area contributed by atoms with Gasteiger partial charge in [-0.2, -0.15) is 0 Å². The van der Waals surface area contributed by atoms with E-state index in [1.54, 1.807) is 38.1 Å². The zero-order chi connectivity index (χ0) is 17.6. The average Bonchev–Trinajstić information content (AvgIpc) is 2.56. The maximum atomic E-state index is 13.3. The van der Waals surface area contributed by atoms with E-state index in [1.807, 2.05) is 24.3 Å². The molecule has 0 amide bonds. The van der Waals surface area contributed by atoms with Crippen molar-refractivity contribution in [2.75, 3.05) is 18.5 Å². The van der Waals surface area contributed by atoms with E-state index in [0.29, 0.717) is 5.56 Å². The Bertz CT molecular complexity index is 681. The van der Waals surface area contributed by atoms with E-state index < -0.39 is 13.4 Å². The third-order valence-corrected chi connectivity index (χ3v) is 6.12. The van der Waals surface area contributed by atoms with Crippen LogP contribution in [0, 0.1) is 0 Å². The van der Waals surface area contributed by atoms with Crippen LogP contribution >= 0.6 is 23.5 Å². The Morgan fingerprint density at radius 3 is 2.08 bits per heavy atom. The Labute approximate surface area is 150 Å². The van der Waals surface area contributed by atoms with Crippen LogP contribution in [0.25, 0.3) is 0 Å². The summed E-state index contributed by atoms with van der Waals surface area (Å²) in [6.07, 6.45) is 0. The van der Waals surface area contributed by atoms with Crippen LogP contribution in [0.2, 0.25) is 0 Å². The molecule has 7 heteroatoms. The first kappa shape index (κ1) is 19.0. The summed E-state index contributed by atoms with van der Waals surface area (Å²) in [5, 5.41) is 12.7. The van der Waals surface area contributed by atoms with Crippen molar-refractivity contribution in [3.63, 3.8) is 0 Å². The number of nitrogens with one attached hydrogen (secondary N) is 1. The lowest BCUT2D eigenvalue weighted by Gasteiger charge is -2.28. The van der Waals surface area contributed by atoms with Gasteiger partial charge in [-0.25, -0.2) is 0 Å². The summed E-state index contributed by atoms with van der Waals surface area (Å²) >= 11 is 3.39. The lowest BCUT2D eigenvalue weighted by Crippen LogP contribution is -2.15. The van der Waals surface area contributed by atoms with E-state index in [9.17, 15) is 9.67 Å². The predicted octanol–water partition coefficient (Wildman–Crippen LogP) is 5.53. The molecule has 0 radical (unpaired) electrons. The molecular weight excluding hydrogens is 393 g/mol. The van der Waals surface area contributed by atoms with Crippen molar-refractivity contribution in [3.05, 3.63) is 58.6 Å². The van der Waals surface area contributed by atoms with Crippen molar-refractivity contribution in [1.29, 1.82) is 0 Å². The molecule has 0 aliphatic rings. The molecule has 0 aliphatic carbocycles. The first-order valence-electron chi connectivity index (χ1n) is 7.68. The highest BCUT2D eigenvalue weighted by Crippen LogP contribution is 2.60. The first-order chi connectivity index (χ1) is 11.5. The van der Waals surface area contributed by atoms with Gasteiger partial charge in [0.05, 0.1) is 13.2 Å². The number of aromatic hydroxyl groups is 1. The van der Waals surface area contributed by atoms with Crippen LogP contribution in [-0.2, 0) is 13.6 Å². The fourth-order valence-corrected chi connectivity index (χ4v) is 4.45. The van der Waals surface area contributed by atoms with Crippen LogP contribution in [-0.4, -0.2) is 18.3 Å². The topological polar surface area (TPSA) is 67.8 Å². The van der Waals surface area contributed by atoms with Gasteiger partial charge in [-0.05, 0) is 55.8 Å². The van der Waals surface area contributed by atoms with Gasteiger partial charge in [0, 0.05) is 10.2 Å². The number of phenols is 1. The Hall–Kier alpha value is -1.33. The van der Waals surface area contributed by atoms with Crippen LogP contribution in [0.15, 0.2) is 53.0 Å². The Kier molecular flexibility index (Phi) is 6.87. The molecule has 2 N–H and O–H groups in total. The SMILES string of the molecule is CCOP(=O)(OCC)C(Nc1ccc(Br)cc1)c1ccc(O)cc1. The summed E-state index contributed by atoms with van der Waals surface area (Å²) in [6.45, 7) is 4.10. The van der Waals surface area contributed by atoms with E-state index in [4.69, 9.17) is 9.05 Å². The Balaban J connectivity index is 2.41. The van der Waals surface area contributed by atoms with Gasteiger partial charge in [0.15, 0.2) is 5.78 Å². The lowest BCUT2D eigenvalue weighted by atomic mass is 10.2. The van der Waals surface area contributed by atoms with Gasteiger partial charge in [0.2, 0.25) is 0 Å². The largest absolute Gasteiger partial charge is 0.508 e. The quantitative estimate of drug-likeness (QED) is 0.556. The molecule has 0 spiro atoms. The molecule has 0 aromatic heterocycles. The smallest absolute Gasteiger partial charge is 0.357 e. The number of anilines is 1. The minimum absolute atomic E-state index is 0.142. The van der Waals surface area contributed by atoms with E-state index in [1.165, 1.54) is 0 Å². The van der Waals surface area contributed by atoms with Gasteiger partial charge < -0.3 is 19.5 Å². The second-order valence-corrected chi connectivity index (χ2v) is 8.05. The van der Waals surface area contributed by atoms with Crippen molar-refractivity contribution >= 4 is 29.2 Å². The van der Waals surface area contributed by atoms with Gasteiger partial charge in [-0.3, -0.25) is 4.57 Å². The first-order valence-corrected chi connectivity index (χ1v) is 10.1. The molecule has 0 bridgehead atoms. The number of hydrogen-bond donors (Lipinski definition) is 2. The van der Waals surface area contributed by atoms with Crippen molar-refractivity contribution in [1.82, 2.24) is 0 Å². The van der Waals surface area contributed by atoms with Crippen LogP contribution < -0.4 is 5.32 Å². The summed E-state index contributed by atoms with van der Waals surface area (Å²) in [5.74, 6) is -0.539. The molecule has 1 unspecified atom stereocenters. The molecule has 2 rings (SSSR count). The zero-order valence-electron chi connectivity index (χ0n) is 13.6.